The minimum absolute atomic E-state index is 0.0464. The maximum atomic E-state index is 8.58. The van der Waals surface area contributed by atoms with Crippen LogP contribution in [0.15, 0.2) is 28.7 Å². The summed E-state index contributed by atoms with van der Waals surface area (Å²) in [6.07, 6.45) is 0. The third kappa shape index (κ3) is 2.29. The lowest BCUT2D eigenvalue weighted by Crippen LogP contribution is -2.12. The molecule has 0 unspecified atom stereocenters. The average molecular weight is 247 g/mol. The van der Waals surface area contributed by atoms with Crippen LogP contribution in [0, 0.1) is 13.8 Å². The molecule has 0 saturated heterocycles. The minimum atomic E-state index is 0.0464. The quantitative estimate of drug-likeness (QED) is 0.371. The van der Waals surface area contributed by atoms with Crippen LogP contribution in [0.3, 0.4) is 0 Å². The van der Waals surface area contributed by atoms with E-state index < -0.39 is 0 Å². The number of aryl methyl sites for hydroxylation is 2. The summed E-state index contributed by atoms with van der Waals surface area (Å²) in [4.78, 5) is 4.32. The Morgan fingerprint density at radius 2 is 2.12 bits per heavy atom. The molecular weight excluding hydrogens is 234 g/mol. The van der Waals surface area contributed by atoms with Crippen molar-refractivity contribution in [3.05, 3.63) is 39.7 Å². The lowest BCUT2D eigenvalue weighted by molar-refractivity contribution is 0.318. The molecule has 0 saturated carbocycles. The normalized spacial score (nSPS) is 11.8. The second-order valence-electron chi connectivity index (χ2n) is 3.82. The van der Waals surface area contributed by atoms with E-state index in [2.05, 4.69) is 36.1 Å². The average Bonchev–Trinajstić information content (AvgIpc) is 2.81. The number of hydrogen-bond donors (Lipinski definition) is 2. The highest BCUT2D eigenvalue weighted by atomic mass is 32.1. The molecule has 0 radical (unpaired) electrons. The molecular formula is C12H13N3OS. The van der Waals surface area contributed by atoms with E-state index in [1.165, 1.54) is 22.5 Å². The van der Waals surface area contributed by atoms with Gasteiger partial charge >= 0.3 is 0 Å². The first kappa shape index (κ1) is 11.6. The third-order valence-electron chi connectivity index (χ3n) is 2.63. The monoisotopic (exact) mass is 247 g/mol. The number of rotatable bonds is 2. The Morgan fingerprint density at radius 1 is 1.35 bits per heavy atom. The molecule has 2 rings (SSSR count). The summed E-state index contributed by atoms with van der Waals surface area (Å²) in [7, 11) is 0. The molecule has 88 valence electrons. The zero-order chi connectivity index (χ0) is 12.4. The van der Waals surface area contributed by atoms with Crippen LogP contribution in [0.25, 0.3) is 11.3 Å². The van der Waals surface area contributed by atoms with Crippen molar-refractivity contribution in [1.82, 2.24) is 4.98 Å². The number of benzene rings is 1. The molecule has 4 nitrogen and oxygen atoms in total. The molecule has 0 spiro atoms. The summed E-state index contributed by atoms with van der Waals surface area (Å²) >= 11 is 1.36. The van der Waals surface area contributed by atoms with Crippen LogP contribution >= 0.6 is 11.3 Å². The Morgan fingerprint density at radius 3 is 2.76 bits per heavy atom. The number of nitrogens with two attached hydrogens (primary N) is 1. The maximum absolute atomic E-state index is 8.58. The van der Waals surface area contributed by atoms with E-state index in [-0.39, 0.29) is 5.84 Å². The highest BCUT2D eigenvalue weighted by Crippen LogP contribution is 2.23. The number of oxime groups is 1. The molecule has 17 heavy (non-hydrogen) atoms. The Kier molecular flexibility index (Phi) is 3.10. The van der Waals surface area contributed by atoms with Crippen LogP contribution in [0.5, 0.6) is 0 Å². The van der Waals surface area contributed by atoms with Crippen molar-refractivity contribution in [3.8, 4) is 11.3 Å². The zero-order valence-corrected chi connectivity index (χ0v) is 10.5. The molecule has 1 aromatic heterocycles. The first-order valence-electron chi connectivity index (χ1n) is 5.13. The van der Waals surface area contributed by atoms with E-state index >= 15 is 0 Å². The summed E-state index contributed by atoms with van der Waals surface area (Å²) in [5.74, 6) is 0.0464. The molecule has 0 aliphatic heterocycles. The Hall–Kier alpha value is -1.88. The van der Waals surface area contributed by atoms with E-state index in [4.69, 9.17) is 10.9 Å². The van der Waals surface area contributed by atoms with E-state index in [9.17, 15) is 0 Å². The van der Waals surface area contributed by atoms with E-state index in [0.717, 1.165) is 11.3 Å². The smallest absolute Gasteiger partial charge is 0.199 e. The highest BCUT2D eigenvalue weighted by Gasteiger charge is 2.08. The number of nitrogens with zero attached hydrogens (tertiary/aromatic N) is 2. The number of aromatic nitrogens is 1. The van der Waals surface area contributed by atoms with Crippen molar-refractivity contribution < 1.29 is 5.21 Å². The summed E-state index contributed by atoms with van der Waals surface area (Å²) in [6, 6.07) is 6.17. The van der Waals surface area contributed by atoms with Crippen LogP contribution < -0.4 is 5.73 Å². The van der Waals surface area contributed by atoms with Crippen LogP contribution in [0.1, 0.15) is 16.1 Å². The standard InChI is InChI=1S/C12H13N3OS/c1-7-3-4-9(5-8(7)2)10-6-17-12(14-10)11(13)15-16/h3-6,16H,1-2H3,(H2,13,15). The van der Waals surface area contributed by atoms with E-state index in [1.807, 2.05) is 11.4 Å². The van der Waals surface area contributed by atoms with E-state index in [0.29, 0.717) is 5.01 Å². The van der Waals surface area contributed by atoms with Crippen LogP contribution in [-0.2, 0) is 0 Å². The van der Waals surface area contributed by atoms with Gasteiger partial charge in [-0.05, 0) is 31.0 Å². The molecule has 3 N–H and O–H groups in total. The van der Waals surface area contributed by atoms with Gasteiger partial charge in [-0.3, -0.25) is 0 Å². The lowest BCUT2D eigenvalue weighted by Gasteiger charge is -2.02. The molecule has 1 aromatic carbocycles. The molecule has 2 aromatic rings. The molecule has 0 amide bonds. The molecule has 0 fully saturated rings. The minimum Gasteiger partial charge on any atom is -0.409 e. The van der Waals surface area contributed by atoms with Gasteiger partial charge in [-0.1, -0.05) is 17.3 Å². The topological polar surface area (TPSA) is 71.5 Å². The summed E-state index contributed by atoms with van der Waals surface area (Å²) in [6.45, 7) is 4.14. The summed E-state index contributed by atoms with van der Waals surface area (Å²) in [5, 5.41) is 13.9. The second kappa shape index (κ2) is 4.55. The van der Waals surface area contributed by atoms with Gasteiger partial charge in [-0.15, -0.1) is 11.3 Å². The fourth-order valence-corrected chi connectivity index (χ4v) is 2.19. The van der Waals surface area contributed by atoms with Crippen molar-refractivity contribution in [2.45, 2.75) is 13.8 Å². The van der Waals surface area contributed by atoms with Gasteiger partial charge in [-0.2, -0.15) is 0 Å². The molecule has 1 heterocycles. The van der Waals surface area contributed by atoms with Gasteiger partial charge < -0.3 is 10.9 Å². The van der Waals surface area contributed by atoms with E-state index in [1.54, 1.807) is 0 Å². The lowest BCUT2D eigenvalue weighted by atomic mass is 10.1. The van der Waals surface area contributed by atoms with Crippen molar-refractivity contribution in [3.63, 3.8) is 0 Å². The van der Waals surface area contributed by atoms with Crippen molar-refractivity contribution >= 4 is 17.2 Å². The Balaban J connectivity index is 2.40. The van der Waals surface area contributed by atoms with Gasteiger partial charge in [-0.25, -0.2) is 4.98 Å². The van der Waals surface area contributed by atoms with Crippen LogP contribution in [0.2, 0.25) is 0 Å². The van der Waals surface area contributed by atoms with Crippen LogP contribution in [0.4, 0.5) is 0 Å². The third-order valence-corrected chi connectivity index (χ3v) is 3.50. The fraction of sp³-hybridized carbons (Fsp3) is 0.167. The van der Waals surface area contributed by atoms with Gasteiger partial charge in [0.05, 0.1) is 5.69 Å². The molecule has 0 bridgehead atoms. The second-order valence-corrected chi connectivity index (χ2v) is 4.68. The zero-order valence-electron chi connectivity index (χ0n) is 9.64. The molecule has 0 aliphatic rings. The van der Waals surface area contributed by atoms with Crippen molar-refractivity contribution in [1.29, 1.82) is 0 Å². The van der Waals surface area contributed by atoms with Gasteiger partial charge in [0.1, 0.15) is 0 Å². The SMILES string of the molecule is Cc1ccc(-c2csc(C(N)=NO)n2)cc1C. The summed E-state index contributed by atoms with van der Waals surface area (Å²) in [5.41, 5.74) is 9.85. The molecule has 0 atom stereocenters. The first-order valence-corrected chi connectivity index (χ1v) is 6.01. The van der Waals surface area contributed by atoms with Crippen molar-refractivity contribution in [2.75, 3.05) is 0 Å². The number of hydrogen-bond acceptors (Lipinski definition) is 4. The van der Waals surface area contributed by atoms with Gasteiger partial charge in [0.25, 0.3) is 0 Å². The summed E-state index contributed by atoms with van der Waals surface area (Å²) < 4.78 is 0. The van der Waals surface area contributed by atoms with Gasteiger partial charge in [0, 0.05) is 10.9 Å². The number of amidine groups is 1. The predicted molar refractivity (Wildman–Crippen MR) is 69.5 cm³/mol. The number of thiazole rings is 1. The Bertz CT molecular complexity index is 575. The first-order chi connectivity index (χ1) is 8.11. The fourth-order valence-electron chi connectivity index (χ4n) is 1.47. The molecule has 0 aliphatic carbocycles. The Labute approximate surface area is 103 Å². The maximum Gasteiger partial charge on any atom is 0.199 e. The van der Waals surface area contributed by atoms with Gasteiger partial charge in [0.2, 0.25) is 0 Å². The van der Waals surface area contributed by atoms with Crippen molar-refractivity contribution in [2.24, 2.45) is 10.9 Å². The van der Waals surface area contributed by atoms with Gasteiger partial charge in [0.15, 0.2) is 10.8 Å². The predicted octanol–water partition coefficient (Wildman–Crippen LogP) is 2.52. The van der Waals surface area contributed by atoms with Crippen LogP contribution in [-0.4, -0.2) is 16.0 Å². The largest absolute Gasteiger partial charge is 0.409 e. The molecule has 5 heteroatoms. The highest BCUT2D eigenvalue weighted by molar-refractivity contribution is 7.12.